The number of aromatic nitrogens is 2. The number of nitrogens with zero attached hydrogens (tertiary/aromatic N) is 2. The summed E-state index contributed by atoms with van der Waals surface area (Å²) in [4.78, 5) is 16.3. The van der Waals surface area contributed by atoms with Gasteiger partial charge in [0.2, 0.25) is 0 Å². The van der Waals surface area contributed by atoms with Crippen LogP contribution in [0.2, 0.25) is 0 Å². The summed E-state index contributed by atoms with van der Waals surface area (Å²) in [6.07, 6.45) is 3.03. The highest BCUT2D eigenvalue weighted by molar-refractivity contribution is 5.82. The fourth-order valence-corrected chi connectivity index (χ4v) is 2.11. The number of ether oxygens (including phenoxy) is 1. The topological polar surface area (TPSA) is 68.2 Å². The Bertz CT molecular complexity index is 623. The van der Waals surface area contributed by atoms with Crippen LogP contribution in [0.5, 0.6) is 5.75 Å². The molecule has 1 unspecified atom stereocenters. The van der Waals surface area contributed by atoms with Gasteiger partial charge in [0.15, 0.2) is 6.10 Å². The van der Waals surface area contributed by atoms with Crippen LogP contribution in [0.25, 0.3) is 0 Å². The van der Waals surface area contributed by atoms with Crippen LogP contribution in [0, 0.1) is 0 Å². The second-order valence-corrected chi connectivity index (χ2v) is 4.66. The van der Waals surface area contributed by atoms with Gasteiger partial charge in [0.25, 0.3) is 5.91 Å². The van der Waals surface area contributed by atoms with Crippen molar-refractivity contribution in [1.29, 1.82) is 0 Å². The van der Waals surface area contributed by atoms with Gasteiger partial charge in [0, 0.05) is 19.4 Å². The molecule has 2 aromatic rings. The number of anilines is 1. The molecule has 1 aromatic carbocycles. The number of carbonyl (C=O) groups excluding carboxylic acids is 1. The van der Waals surface area contributed by atoms with Crippen molar-refractivity contribution in [3.63, 3.8) is 0 Å². The molecule has 0 aliphatic carbocycles. The molecule has 0 saturated heterocycles. The van der Waals surface area contributed by atoms with Crippen molar-refractivity contribution in [2.45, 2.75) is 12.6 Å². The molecule has 0 radical (unpaired) electrons. The number of fused-ring (bicyclic) bond motifs is 1. The smallest absolute Gasteiger partial charge is 0.263 e. The number of para-hydroxylation sites is 2. The van der Waals surface area contributed by atoms with Crippen molar-refractivity contribution in [1.82, 2.24) is 14.9 Å². The molecule has 0 fully saturated rings. The summed E-state index contributed by atoms with van der Waals surface area (Å²) in [5.74, 6) is 1.37. The summed E-state index contributed by atoms with van der Waals surface area (Å²) in [6, 6.07) is 7.59. The van der Waals surface area contributed by atoms with Crippen LogP contribution in [0.4, 0.5) is 5.69 Å². The summed E-state index contributed by atoms with van der Waals surface area (Å²) in [6.45, 7) is 0.854. The Labute approximate surface area is 116 Å². The summed E-state index contributed by atoms with van der Waals surface area (Å²) in [7, 11) is 1.89. The van der Waals surface area contributed by atoms with Gasteiger partial charge in [-0.25, -0.2) is 4.98 Å². The zero-order valence-electron chi connectivity index (χ0n) is 11.2. The van der Waals surface area contributed by atoms with E-state index in [9.17, 15) is 4.79 Å². The number of benzene rings is 1. The van der Waals surface area contributed by atoms with Crippen molar-refractivity contribution in [3.05, 3.63) is 42.5 Å². The molecular weight excluding hydrogens is 256 g/mol. The number of imidazole rings is 1. The van der Waals surface area contributed by atoms with E-state index in [4.69, 9.17) is 4.74 Å². The van der Waals surface area contributed by atoms with Gasteiger partial charge in [-0.2, -0.15) is 0 Å². The minimum atomic E-state index is -0.523. The van der Waals surface area contributed by atoms with Crippen LogP contribution in [0.1, 0.15) is 5.82 Å². The SMILES string of the molecule is Cn1ccnc1CNC(=O)C1CNc2ccccc2O1. The molecule has 6 heteroatoms. The number of aryl methyl sites for hydroxylation is 1. The minimum absolute atomic E-state index is 0.144. The van der Waals surface area contributed by atoms with Gasteiger partial charge in [-0.3, -0.25) is 4.79 Å². The molecule has 1 aliphatic heterocycles. The van der Waals surface area contributed by atoms with Crippen LogP contribution in [0.15, 0.2) is 36.7 Å². The number of rotatable bonds is 3. The molecule has 1 aliphatic rings. The van der Waals surface area contributed by atoms with E-state index in [-0.39, 0.29) is 5.91 Å². The van der Waals surface area contributed by atoms with Crippen molar-refractivity contribution >= 4 is 11.6 Å². The Kier molecular flexibility index (Phi) is 3.28. The van der Waals surface area contributed by atoms with Crippen molar-refractivity contribution in [2.24, 2.45) is 7.05 Å². The highest BCUT2D eigenvalue weighted by Gasteiger charge is 2.25. The Morgan fingerprint density at radius 1 is 1.55 bits per heavy atom. The van der Waals surface area contributed by atoms with Gasteiger partial charge in [-0.15, -0.1) is 0 Å². The first-order valence-corrected chi connectivity index (χ1v) is 6.47. The molecule has 2 N–H and O–H groups in total. The highest BCUT2D eigenvalue weighted by atomic mass is 16.5. The molecule has 2 heterocycles. The average molecular weight is 272 g/mol. The van der Waals surface area contributed by atoms with Crippen molar-refractivity contribution in [3.8, 4) is 5.75 Å². The Morgan fingerprint density at radius 2 is 2.40 bits per heavy atom. The lowest BCUT2D eigenvalue weighted by Crippen LogP contribution is -2.44. The molecule has 1 aromatic heterocycles. The molecule has 3 rings (SSSR count). The van der Waals surface area contributed by atoms with Gasteiger partial charge in [-0.1, -0.05) is 12.1 Å². The third kappa shape index (κ3) is 2.45. The molecule has 0 spiro atoms. The lowest BCUT2D eigenvalue weighted by atomic mass is 10.2. The zero-order chi connectivity index (χ0) is 13.9. The molecular formula is C14H16N4O2. The largest absolute Gasteiger partial charge is 0.477 e. The first kappa shape index (κ1) is 12.5. The number of carbonyl (C=O) groups is 1. The van der Waals surface area contributed by atoms with Crippen LogP contribution in [-0.4, -0.2) is 28.1 Å². The number of amides is 1. The number of nitrogens with one attached hydrogen (secondary N) is 2. The van der Waals surface area contributed by atoms with E-state index in [1.54, 1.807) is 6.20 Å². The first-order chi connectivity index (χ1) is 9.74. The molecule has 0 saturated carbocycles. The highest BCUT2D eigenvalue weighted by Crippen LogP contribution is 2.28. The van der Waals surface area contributed by atoms with E-state index in [1.807, 2.05) is 42.1 Å². The lowest BCUT2D eigenvalue weighted by molar-refractivity contribution is -0.127. The monoisotopic (exact) mass is 272 g/mol. The number of hydrogen-bond acceptors (Lipinski definition) is 4. The van der Waals surface area contributed by atoms with Crippen LogP contribution in [-0.2, 0) is 18.4 Å². The maximum Gasteiger partial charge on any atom is 0.263 e. The van der Waals surface area contributed by atoms with Gasteiger partial charge >= 0.3 is 0 Å². The Morgan fingerprint density at radius 3 is 3.20 bits per heavy atom. The molecule has 6 nitrogen and oxygen atoms in total. The normalized spacial score (nSPS) is 16.8. The van der Waals surface area contributed by atoms with Gasteiger partial charge in [0.1, 0.15) is 11.6 Å². The van der Waals surface area contributed by atoms with Gasteiger partial charge in [0.05, 0.1) is 18.8 Å². The van der Waals surface area contributed by atoms with E-state index in [2.05, 4.69) is 15.6 Å². The summed E-state index contributed by atoms with van der Waals surface area (Å²) in [5.41, 5.74) is 0.917. The molecule has 104 valence electrons. The standard InChI is InChI=1S/C14H16N4O2/c1-18-7-6-15-13(18)9-17-14(19)12-8-16-10-4-2-3-5-11(10)20-12/h2-7,12,16H,8-9H2,1H3,(H,17,19). The van der Waals surface area contributed by atoms with Crippen molar-refractivity contribution < 1.29 is 9.53 Å². The predicted molar refractivity (Wildman–Crippen MR) is 74.4 cm³/mol. The van der Waals surface area contributed by atoms with Crippen molar-refractivity contribution in [2.75, 3.05) is 11.9 Å². The molecule has 20 heavy (non-hydrogen) atoms. The second-order valence-electron chi connectivity index (χ2n) is 4.66. The van der Waals surface area contributed by atoms with Crippen LogP contribution < -0.4 is 15.4 Å². The molecule has 0 bridgehead atoms. The van der Waals surface area contributed by atoms with E-state index in [0.717, 1.165) is 11.5 Å². The average Bonchev–Trinajstić information content (AvgIpc) is 2.89. The zero-order valence-corrected chi connectivity index (χ0v) is 11.2. The van der Waals surface area contributed by atoms with E-state index in [1.165, 1.54) is 0 Å². The Hall–Kier alpha value is -2.50. The summed E-state index contributed by atoms with van der Waals surface area (Å²) >= 11 is 0. The van der Waals surface area contributed by atoms with Gasteiger partial charge in [-0.05, 0) is 12.1 Å². The van der Waals surface area contributed by atoms with E-state index in [0.29, 0.717) is 18.8 Å². The van der Waals surface area contributed by atoms with E-state index < -0.39 is 6.10 Å². The second kappa shape index (κ2) is 5.24. The van der Waals surface area contributed by atoms with Crippen LogP contribution in [0.3, 0.4) is 0 Å². The fourth-order valence-electron chi connectivity index (χ4n) is 2.11. The predicted octanol–water partition coefficient (Wildman–Crippen LogP) is 0.909. The first-order valence-electron chi connectivity index (χ1n) is 6.47. The third-order valence-electron chi connectivity index (χ3n) is 3.27. The van der Waals surface area contributed by atoms with E-state index >= 15 is 0 Å². The minimum Gasteiger partial charge on any atom is -0.477 e. The van der Waals surface area contributed by atoms with Crippen LogP contribution >= 0.6 is 0 Å². The Balaban J connectivity index is 1.60. The molecule has 1 amide bonds. The lowest BCUT2D eigenvalue weighted by Gasteiger charge is -2.26. The number of hydrogen-bond donors (Lipinski definition) is 2. The fraction of sp³-hybridized carbons (Fsp3) is 0.286. The molecule has 1 atom stereocenters. The summed E-state index contributed by atoms with van der Waals surface area (Å²) in [5, 5.41) is 6.03. The summed E-state index contributed by atoms with van der Waals surface area (Å²) < 4.78 is 7.56. The third-order valence-corrected chi connectivity index (χ3v) is 3.27. The van der Waals surface area contributed by atoms with Gasteiger partial charge < -0.3 is 19.9 Å². The maximum absolute atomic E-state index is 12.1. The quantitative estimate of drug-likeness (QED) is 0.871. The maximum atomic E-state index is 12.1.